The van der Waals surface area contributed by atoms with Gasteiger partial charge in [0.2, 0.25) is 11.1 Å². The first kappa shape index (κ1) is 17.9. The second kappa shape index (κ2) is 7.57. The number of hydrogen-bond donors (Lipinski definition) is 2. The molecule has 0 saturated heterocycles. The normalized spacial score (nSPS) is 12.0. The summed E-state index contributed by atoms with van der Waals surface area (Å²) >= 11 is 1.15. The third-order valence-corrected chi connectivity index (χ3v) is 4.77. The molecule has 0 aliphatic carbocycles. The van der Waals surface area contributed by atoms with Crippen LogP contribution in [0.4, 0.5) is 10.1 Å². The van der Waals surface area contributed by atoms with Crippen molar-refractivity contribution in [1.29, 1.82) is 0 Å². The maximum absolute atomic E-state index is 13.9. The Morgan fingerprint density at radius 1 is 1.23 bits per heavy atom. The van der Waals surface area contributed by atoms with Gasteiger partial charge >= 0.3 is 0 Å². The maximum atomic E-state index is 13.9. The van der Waals surface area contributed by atoms with Gasteiger partial charge in [-0.25, -0.2) is 9.07 Å². The summed E-state index contributed by atoms with van der Waals surface area (Å²) < 4.78 is 15.1. The van der Waals surface area contributed by atoms with E-state index >= 15 is 0 Å². The van der Waals surface area contributed by atoms with E-state index in [-0.39, 0.29) is 17.3 Å². The quantitative estimate of drug-likeness (QED) is 0.531. The van der Waals surface area contributed by atoms with Gasteiger partial charge in [0.05, 0.1) is 10.8 Å². The number of amides is 1. The highest BCUT2D eigenvalue weighted by molar-refractivity contribution is 8.00. The van der Waals surface area contributed by atoms with Gasteiger partial charge in [0.25, 0.3) is 0 Å². The summed E-state index contributed by atoms with van der Waals surface area (Å²) in [5, 5.41) is 10.6. The Kier molecular flexibility index (Phi) is 5.22. The van der Waals surface area contributed by atoms with Gasteiger partial charge in [-0.3, -0.25) is 4.79 Å². The van der Waals surface area contributed by atoms with Crippen molar-refractivity contribution in [3.8, 4) is 11.4 Å². The molecule has 8 heteroatoms. The highest BCUT2D eigenvalue weighted by Crippen LogP contribution is 2.26. The number of nitrogens with two attached hydrogens (primary N) is 1. The summed E-state index contributed by atoms with van der Waals surface area (Å²) in [7, 11) is 0. The number of nitrogens with zero attached hydrogens (tertiary/aromatic N) is 3. The molecule has 0 saturated carbocycles. The molecule has 0 aliphatic rings. The molecule has 2 aromatic carbocycles. The van der Waals surface area contributed by atoms with E-state index in [4.69, 9.17) is 5.84 Å². The van der Waals surface area contributed by atoms with E-state index in [1.54, 1.807) is 25.1 Å². The number of carbonyl (C=O) groups excluding carboxylic acids is 1. The first-order chi connectivity index (χ1) is 12.5. The van der Waals surface area contributed by atoms with Crippen LogP contribution in [0.25, 0.3) is 11.4 Å². The molecule has 6 nitrogen and oxygen atoms in total. The van der Waals surface area contributed by atoms with Crippen molar-refractivity contribution in [2.45, 2.75) is 24.3 Å². The molecule has 1 amide bonds. The highest BCUT2D eigenvalue weighted by atomic mass is 32.2. The SMILES string of the molecule is Cc1cccc(NC(=O)[C@@H](C)Sc2nnc(-c3ccccc3F)n2N)c1. The van der Waals surface area contributed by atoms with Crippen LogP contribution in [0.2, 0.25) is 0 Å². The predicted octanol–water partition coefficient (Wildman–Crippen LogP) is 3.23. The second-order valence-electron chi connectivity index (χ2n) is 5.77. The molecule has 0 fully saturated rings. The van der Waals surface area contributed by atoms with Crippen LogP contribution in [0.1, 0.15) is 12.5 Å². The number of nitrogens with one attached hydrogen (secondary N) is 1. The lowest BCUT2D eigenvalue weighted by molar-refractivity contribution is -0.115. The molecule has 0 bridgehead atoms. The molecule has 1 atom stereocenters. The number of hydrogen-bond acceptors (Lipinski definition) is 5. The van der Waals surface area contributed by atoms with Crippen LogP contribution >= 0.6 is 11.8 Å². The molecule has 26 heavy (non-hydrogen) atoms. The van der Waals surface area contributed by atoms with Crippen molar-refractivity contribution < 1.29 is 9.18 Å². The Morgan fingerprint density at radius 2 is 2.00 bits per heavy atom. The molecule has 3 rings (SSSR count). The standard InChI is InChI=1S/C18H18FN5OS/c1-11-6-5-7-13(10-11)21-17(25)12(2)26-18-23-22-16(24(18)20)14-8-3-4-9-15(14)19/h3-10,12H,20H2,1-2H3,(H,21,25)/t12-/m1/s1. The molecule has 0 spiro atoms. The van der Waals surface area contributed by atoms with Crippen LogP contribution < -0.4 is 11.2 Å². The van der Waals surface area contributed by atoms with E-state index in [1.807, 2.05) is 31.2 Å². The number of aromatic nitrogens is 3. The lowest BCUT2D eigenvalue weighted by atomic mass is 10.2. The number of thioether (sulfide) groups is 1. The zero-order chi connectivity index (χ0) is 18.7. The van der Waals surface area contributed by atoms with Crippen molar-refractivity contribution in [3.05, 3.63) is 59.9 Å². The molecule has 134 valence electrons. The molecule has 1 heterocycles. The third kappa shape index (κ3) is 3.85. The Hall–Kier alpha value is -2.87. The van der Waals surface area contributed by atoms with E-state index in [0.29, 0.717) is 5.16 Å². The Morgan fingerprint density at radius 3 is 2.73 bits per heavy atom. The van der Waals surface area contributed by atoms with Gasteiger partial charge in [-0.1, -0.05) is 36.0 Å². The van der Waals surface area contributed by atoms with Crippen molar-refractivity contribution in [2.24, 2.45) is 0 Å². The summed E-state index contributed by atoms with van der Waals surface area (Å²) in [6.45, 7) is 3.70. The van der Waals surface area contributed by atoms with Crippen molar-refractivity contribution in [3.63, 3.8) is 0 Å². The number of aryl methyl sites for hydroxylation is 1. The number of benzene rings is 2. The van der Waals surface area contributed by atoms with Crippen LogP contribution in [-0.4, -0.2) is 26.0 Å². The maximum Gasteiger partial charge on any atom is 0.237 e. The summed E-state index contributed by atoms with van der Waals surface area (Å²) in [6.07, 6.45) is 0. The Bertz CT molecular complexity index is 943. The second-order valence-corrected chi connectivity index (χ2v) is 7.08. The van der Waals surface area contributed by atoms with Gasteiger partial charge in [-0.05, 0) is 43.7 Å². The van der Waals surface area contributed by atoms with Crippen LogP contribution in [0, 0.1) is 12.7 Å². The minimum Gasteiger partial charge on any atom is -0.335 e. The smallest absolute Gasteiger partial charge is 0.237 e. The fourth-order valence-corrected chi connectivity index (χ4v) is 3.13. The fraction of sp³-hybridized carbons (Fsp3) is 0.167. The average Bonchev–Trinajstić information content (AvgIpc) is 2.96. The van der Waals surface area contributed by atoms with Gasteiger partial charge in [-0.2, -0.15) is 0 Å². The molecule has 0 radical (unpaired) electrons. The molecule has 1 aromatic heterocycles. The molecule has 3 aromatic rings. The summed E-state index contributed by atoms with van der Waals surface area (Å²) in [4.78, 5) is 12.4. The summed E-state index contributed by atoms with van der Waals surface area (Å²) in [5.41, 5.74) is 2.04. The third-order valence-electron chi connectivity index (χ3n) is 3.72. The van der Waals surface area contributed by atoms with Gasteiger partial charge < -0.3 is 11.2 Å². The zero-order valence-electron chi connectivity index (χ0n) is 14.3. The van der Waals surface area contributed by atoms with Gasteiger partial charge in [0.1, 0.15) is 5.82 Å². The number of rotatable bonds is 5. The van der Waals surface area contributed by atoms with Crippen molar-refractivity contribution in [1.82, 2.24) is 14.9 Å². The Balaban J connectivity index is 1.73. The summed E-state index contributed by atoms with van der Waals surface area (Å²) in [5.74, 6) is 5.58. The molecule has 0 unspecified atom stereocenters. The minimum absolute atomic E-state index is 0.184. The topological polar surface area (TPSA) is 85.8 Å². The van der Waals surface area contributed by atoms with Gasteiger partial charge in [0.15, 0.2) is 5.82 Å². The molecule has 0 aliphatic heterocycles. The van der Waals surface area contributed by atoms with E-state index in [9.17, 15) is 9.18 Å². The summed E-state index contributed by atoms with van der Waals surface area (Å²) in [6, 6.07) is 13.7. The number of halogens is 1. The average molecular weight is 371 g/mol. The first-order valence-corrected chi connectivity index (χ1v) is 8.83. The zero-order valence-corrected chi connectivity index (χ0v) is 15.1. The van der Waals surface area contributed by atoms with Crippen molar-refractivity contribution in [2.75, 3.05) is 11.2 Å². The monoisotopic (exact) mass is 371 g/mol. The predicted molar refractivity (Wildman–Crippen MR) is 101 cm³/mol. The number of nitrogen functional groups attached to an aromatic ring is 1. The highest BCUT2D eigenvalue weighted by Gasteiger charge is 2.21. The number of carbonyl (C=O) groups is 1. The molecule has 3 N–H and O–H groups in total. The molecular formula is C18H18FN5OS. The lowest BCUT2D eigenvalue weighted by Crippen LogP contribution is -2.23. The van der Waals surface area contributed by atoms with E-state index in [0.717, 1.165) is 23.0 Å². The largest absolute Gasteiger partial charge is 0.335 e. The van der Waals surface area contributed by atoms with Gasteiger partial charge in [0, 0.05) is 5.69 Å². The van der Waals surface area contributed by atoms with Crippen LogP contribution in [0.3, 0.4) is 0 Å². The van der Waals surface area contributed by atoms with Crippen LogP contribution in [-0.2, 0) is 4.79 Å². The van der Waals surface area contributed by atoms with Crippen LogP contribution in [0.15, 0.2) is 53.7 Å². The fourth-order valence-electron chi connectivity index (χ4n) is 2.36. The van der Waals surface area contributed by atoms with Crippen molar-refractivity contribution >= 4 is 23.4 Å². The molecular weight excluding hydrogens is 353 g/mol. The van der Waals surface area contributed by atoms with E-state index in [1.165, 1.54) is 10.7 Å². The Labute approximate surface area is 154 Å². The lowest BCUT2D eigenvalue weighted by Gasteiger charge is -2.12. The van der Waals surface area contributed by atoms with Gasteiger partial charge in [-0.15, -0.1) is 10.2 Å². The minimum atomic E-state index is -0.463. The van der Waals surface area contributed by atoms with E-state index < -0.39 is 11.1 Å². The van der Waals surface area contributed by atoms with Crippen LogP contribution in [0.5, 0.6) is 0 Å². The number of anilines is 1. The first-order valence-electron chi connectivity index (χ1n) is 7.95. The van der Waals surface area contributed by atoms with E-state index in [2.05, 4.69) is 15.5 Å².